The molecule has 0 N–H and O–H groups in total. The summed E-state index contributed by atoms with van der Waals surface area (Å²) >= 11 is 0. The van der Waals surface area contributed by atoms with Crippen molar-refractivity contribution in [3.8, 4) is 23.0 Å². The summed E-state index contributed by atoms with van der Waals surface area (Å²) in [5.74, 6) is -2.28. The molecule has 5 aromatic rings. The Kier molecular flexibility index (Phi) is 12.0. The van der Waals surface area contributed by atoms with Crippen molar-refractivity contribution in [2.75, 3.05) is 33.5 Å². The van der Waals surface area contributed by atoms with Gasteiger partial charge in [0.05, 0.1) is 18.2 Å². The van der Waals surface area contributed by atoms with Gasteiger partial charge in [-0.2, -0.15) is 0 Å². The number of carbonyl (C=O) groups excluding carboxylic acids is 5. The number of esters is 5. The van der Waals surface area contributed by atoms with Crippen LogP contribution in [0.15, 0.2) is 116 Å². The van der Waals surface area contributed by atoms with E-state index in [1.54, 1.807) is 72.8 Å². The fraction of sp³-hybridized carbons (Fsp3) is 0.125. The fourth-order valence-electron chi connectivity index (χ4n) is 4.86. The van der Waals surface area contributed by atoms with Gasteiger partial charge in [-0.25, -0.2) is 24.0 Å². The zero-order chi connectivity index (χ0) is 37.0. The van der Waals surface area contributed by atoms with E-state index in [2.05, 4.69) is 13.2 Å². The average molecular weight is 705 g/mol. The first-order valence-corrected chi connectivity index (χ1v) is 15.8. The van der Waals surface area contributed by atoms with Gasteiger partial charge in [0.15, 0.2) is 0 Å². The second-order valence-electron chi connectivity index (χ2n) is 10.8. The zero-order valence-electron chi connectivity index (χ0n) is 28.0. The molecule has 0 aliphatic rings. The second kappa shape index (κ2) is 17.1. The van der Waals surface area contributed by atoms with Crippen molar-refractivity contribution in [3.05, 3.63) is 133 Å². The standard InChI is InChI=1S/C40H32O12/c1-4-36(41)49-18-16-47-31-12-10-25-20-29(8-6-27(25)22-31)38(43)51-33-14-15-35(34(24-33)40(45)46-3)52-39(44)30-9-7-28-23-32(13-11-26(28)21-30)48-17-19-50-37(42)5-2/h4-15,20-24H,1-2,16-19H2,3H3. The van der Waals surface area contributed by atoms with Crippen molar-refractivity contribution < 1.29 is 57.1 Å². The third-order valence-electron chi connectivity index (χ3n) is 7.39. The molecule has 0 aromatic heterocycles. The number of fused-ring (bicyclic) bond motifs is 2. The molecule has 12 heteroatoms. The first-order chi connectivity index (χ1) is 25.2. The van der Waals surface area contributed by atoms with E-state index in [0.29, 0.717) is 11.5 Å². The van der Waals surface area contributed by atoms with E-state index < -0.39 is 29.8 Å². The van der Waals surface area contributed by atoms with E-state index in [-0.39, 0.29) is 54.6 Å². The normalized spacial score (nSPS) is 10.5. The summed E-state index contributed by atoms with van der Waals surface area (Å²) in [6, 6.07) is 24.4. The number of methoxy groups -OCH3 is 1. The number of benzene rings is 5. The van der Waals surface area contributed by atoms with Crippen LogP contribution in [0.25, 0.3) is 21.5 Å². The van der Waals surface area contributed by atoms with Crippen molar-refractivity contribution in [2.45, 2.75) is 0 Å². The SMILES string of the molecule is C=CC(=O)OCCOc1ccc2cc(C(=O)Oc3ccc(OC(=O)c4ccc5cc(OCCOC(=O)C=C)ccc5c4)c(C(=O)OC)c3)ccc2c1. The predicted octanol–water partition coefficient (Wildman–Crippen LogP) is 6.43. The topological polar surface area (TPSA) is 150 Å². The smallest absolute Gasteiger partial charge is 0.343 e. The maximum Gasteiger partial charge on any atom is 0.343 e. The molecule has 52 heavy (non-hydrogen) atoms. The van der Waals surface area contributed by atoms with E-state index in [0.717, 1.165) is 33.7 Å². The molecule has 12 nitrogen and oxygen atoms in total. The van der Waals surface area contributed by atoms with Crippen molar-refractivity contribution in [1.82, 2.24) is 0 Å². The number of ether oxygens (including phenoxy) is 7. The Morgan fingerprint density at radius 2 is 0.981 bits per heavy atom. The molecule has 0 atom stereocenters. The summed E-state index contributed by atoms with van der Waals surface area (Å²) in [7, 11) is 1.17. The van der Waals surface area contributed by atoms with Gasteiger partial charge in [-0.3, -0.25) is 0 Å². The molecule has 264 valence electrons. The van der Waals surface area contributed by atoms with Crippen LogP contribution in [0.2, 0.25) is 0 Å². The lowest BCUT2D eigenvalue weighted by molar-refractivity contribution is -0.139. The van der Waals surface area contributed by atoms with Crippen LogP contribution in [0.5, 0.6) is 23.0 Å². The maximum absolute atomic E-state index is 13.2. The molecular formula is C40H32O12. The van der Waals surface area contributed by atoms with E-state index in [1.165, 1.54) is 25.3 Å². The lowest BCUT2D eigenvalue weighted by Gasteiger charge is -2.12. The third-order valence-corrected chi connectivity index (χ3v) is 7.39. The molecule has 0 saturated carbocycles. The minimum atomic E-state index is -0.811. The molecular weight excluding hydrogens is 672 g/mol. The van der Waals surface area contributed by atoms with Crippen LogP contribution < -0.4 is 18.9 Å². The van der Waals surface area contributed by atoms with Crippen LogP contribution in [0.1, 0.15) is 31.1 Å². The van der Waals surface area contributed by atoms with Crippen LogP contribution in [0, 0.1) is 0 Å². The van der Waals surface area contributed by atoms with Crippen LogP contribution in [0.3, 0.4) is 0 Å². The van der Waals surface area contributed by atoms with Gasteiger partial charge in [-0.05, 0) is 88.3 Å². The number of hydrogen-bond acceptors (Lipinski definition) is 12. The Bertz CT molecular complexity index is 2190. The van der Waals surface area contributed by atoms with Crippen LogP contribution in [-0.2, 0) is 23.8 Å². The lowest BCUT2D eigenvalue weighted by atomic mass is 10.1. The van der Waals surface area contributed by atoms with E-state index in [9.17, 15) is 24.0 Å². The average Bonchev–Trinajstić information content (AvgIpc) is 3.17. The van der Waals surface area contributed by atoms with Gasteiger partial charge in [0, 0.05) is 12.2 Å². The van der Waals surface area contributed by atoms with E-state index in [4.69, 9.17) is 33.2 Å². The molecule has 0 radical (unpaired) electrons. The Balaban J connectivity index is 1.23. The molecule has 0 aliphatic heterocycles. The molecule has 5 rings (SSSR count). The van der Waals surface area contributed by atoms with Gasteiger partial charge in [-0.15, -0.1) is 0 Å². The molecule has 0 bridgehead atoms. The van der Waals surface area contributed by atoms with Gasteiger partial charge in [0.25, 0.3) is 0 Å². The highest BCUT2D eigenvalue weighted by atomic mass is 16.6. The van der Waals surface area contributed by atoms with Crippen LogP contribution in [-0.4, -0.2) is 63.4 Å². The van der Waals surface area contributed by atoms with Gasteiger partial charge in [-0.1, -0.05) is 37.4 Å². The van der Waals surface area contributed by atoms with Gasteiger partial charge >= 0.3 is 29.8 Å². The van der Waals surface area contributed by atoms with Crippen LogP contribution in [0.4, 0.5) is 0 Å². The molecule has 0 heterocycles. The summed E-state index contributed by atoms with van der Waals surface area (Å²) in [4.78, 5) is 61.2. The zero-order valence-corrected chi connectivity index (χ0v) is 28.0. The highest BCUT2D eigenvalue weighted by molar-refractivity contribution is 6.00. The quantitative estimate of drug-likeness (QED) is 0.0388. The van der Waals surface area contributed by atoms with Gasteiger partial charge < -0.3 is 33.2 Å². The first kappa shape index (κ1) is 36.3. The minimum Gasteiger partial charge on any atom is -0.490 e. The Morgan fingerprint density at radius 3 is 1.48 bits per heavy atom. The molecule has 0 aliphatic carbocycles. The maximum atomic E-state index is 13.2. The second-order valence-corrected chi connectivity index (χ2v) is 10.8. The lowest BCUT2D eigenvalue weighted by Crippen LogP contribution is -2.13. The highest BCUT2D eigenvalue weighted by Gasteiger charge is 2.20. The third kappa shape index (κ3) is 9.39. The van der Waals surface area contributed by atoms with Crippen molar-refractivity contribution >= 4 is 51.4 Å². The summed E-state index contributed by atoms with van der Waals surface area (Å²) in [6.07, 6.45) is 2.14. The van der Waals surface area contributed by atoms with Gasteiger partial charge in [0.2, 0.25) is 0 Å². The molecule has 5 aromatic carbocycles. The molecule has 0 fully saturated rings. The Labute approximate surface area is 297 Å². The molecule has 0 amide bonds. The summed E-state index contributed by atoms with van der Waals surface area (Å²) in [5.41, 5.74) is 0.331. The molecule has 0 spiro atoms. The first-order valence-electron chi connectivity index (χ1n) is 15.8. The number of rotatable bonds is 15. The summed E-state index contributed by atoms with van der Waals surface area (Å²) in [6.45, 7) is 7.11. The Hall–Kier alpha value is -6.95. The minimum absolute atomic E-state index is 0.0220. The molecule has 0 saturated heterocycles. The number of hydrogen-bond donors (Lipinski definition) is 0. The highest BCUT2D eigenvalue weighted by Crippen LogP contribution is 2.29. The largest absolute Gasteiger partial charge is 0.490 e. The van der Waals surface area contributed by atoms with Crippen molar-refractivity contribution in [1.29, 1.82) is 0 Å². The van der Waals surface area contributed by atoms with E-state index in [1.807, 2.05) is 0 Å². The Morgan fingerprint density at radius 1 is 0.519 bits per heavy atom. The monoisotopic (exact) mass is 704 g/mol. The van der Waals surface area contributed by atoms with Crippen LogP contribution >= 0.6 is 0 Å². The van der Waals surface area contributed by atoms with Crippen molar-refractivity contribution in [3.63, 3.8) is 0 Å². The molecule has 0 unspecified atom stereocenters. The summed E-state index contributed by atoms with van der Waals surface area (Å²) < 4.78 is 37.1. The van der Waals surface area contributed by atoms with Crippen molar-refractivity contribution in [2.24, 2.45) is 0 Å². The fourth-order valence-corrected chi connectivity index (χ4v) is 4.86. The van der Waals surface area contributed by atoms with Gasteiger partial charge in [0.1, 0.15) is 55.0 Å². The number of carbonyl (C=O) groups is 5. The predicted molar refractivity (Wildman–Crippen MR) is 189 cm³/mol. The van der Waals surface area contributed by atoms with E-state index >= 15 is 0 Å². The summed E-state index contributed by atoms with van der Waals surface area (Å²) in [5, 5.41) is 3.04.